The number of thiazole rings is 1. The van der Waals surface area contributed by atoms with Gasteiger partial charge in [0.1, 0.15) is 23.2 Å². The van der Waals surface area contributed by atoms with E-state index in [1.165, 1.54) is 17.5 Å². The van der Waals surface area contributed by atoms with Crippen LogP contribution in [0.5, 0.6) is 0 Å². The van der Waals surface area contributed by atoms with Gasteiger partial charge < -0.3 is 10.1 Å². The Bertz CT molecular complexity index is 1060. The summed E-state index contributed by atoms with van der Waals surface area (Å²) >= 11 is 7.07. The van der Waals surface area contributed by atoms with Crippen LogP contribution in [0, 0.1) is 11.6 Å². The summed E-state index contributed by atoms with van der Waals surface area (Å²) in [5, 5.41) is 3.03. The third kappa shape index (κ3) is 4.75. The average Bonchev–Trinajstić information content (AvgIpc) is 3.13. The van der Waals surface area contributed by atoms with Crippen LogP contribution < -0.4 is 5.32 Å². The fraction of sp³-hybridized carbons (Fsp3) is 0.158. The number of carbonyl (C=O) groups excluding carboxylic acids is 2. The minimum atomic E-state index is -1.63. The Morgan fingerprint density at radius 2 is 2.07 bits per heavy atom. The third-order valence-corrected chi connectivity index (χ3v) is 5.11. The summed E-state index contributed by atoms with van der Waals surface area (Å²) in [7, 11) is 1.08. The summed E-state index contributed by atoms with van der Waals surface area (Å²) in [6.07, 6.45) is 2.96. The van der Waals surface area contributed by atoms with E-state index in [1.807, 2.05) is 0 Å². The molecule has 0 fully saturated rings. The molecule has 3 rings (SSSR count). The Hall–Kier alpha value is -2.91. The number of carbonyl (C=O) groups is 2. The number of ketones is 1. The molecule has 1 aromatic carbocycles. The number of hydrogen-bond acceptors (Lipinski definition) is 7. The van der Waals surface area contributed by atoms with E-state index < -0.39 is 29.3 Å². The summed E-state index contributed by atoms with van der Waals surface area (Å²) in [5.74, 6) is -5.25. The smallest absolute Gasteiger partial charge is 0.321 e. The second-order valence-corrected chi connectivity index (χ2v) is 7.52. The standard InChI is InChI=1S/C19H14ClF2N3O3S/c1-28-18(27)15(12-5-4-10(21)7-13(12)22)17(26)16-14(3-2-6-23-16)24-8-11-9-25-19(20)29-11/h2-7,9,15,24H,8H2,1H3. The lowest BCUT2D eigenvalue weighted by Crippen LogP contribution is -2.26. The number of esters is 1. The molecule has 0 saturated heterocycles. The molecule has 0 spiro atoms. The number of nitrogens with one attached hydrogen (secondary N) is 1. The van der Waals surface area contributed by atoms with Crippen LogP contribution in [0.2, 0.25) is 4.47 Å². The maximum absolute atomic E-state index is 14.3. The van der Waals surface area contributed by atoms with Crippen LogP contribution in [-0.4, -0.2) is 28.8 Å². The lowest BCUT2D eigenvalue weighted by atomic mass is 9.91. The normalized spacial score (nSPS) is 11.7. The summed E-state index contributed by atoms with van der Waals surface area (Å²) in [4.78, 5) is 34.2. The Morgan fingerprint density at radius 3 is 2.72 bits per heavy atom. The molecule has 1 unspecified atom stereocenters. The molecule has 10 heteroatoms. The number of pyridine rings is 1. The Labute approximate surface area is 173 Å². The van der Waals surface area contributed by atoms with Crippen molar-refractivity contribution in [2.24, 2.45) is 0 Å². The molecule has 1 N–H and O–H groups in total. The maximum Gasteiger partial charge on any atom is 0.321 e. The topological polar surface area (TPSA) is 81.2 Å². The minimum absolute atomic E-state index is 0.0813. The van der Waals surface area contributed by atoms with Crippen molar-refractivity contribution in [1.82, 2.24) is 9.97 Å². The lowest BCUT2D eigenvalue weighted by Gasteiger charge is -2.16. The molecule has 0 aliphatic carbocycles. The van der Waals surface area contributed by atoms with E-state index in [0.29, 0.717) is 22.8 Å². The van der Waals surface area contributed by atoms with Crippen molar-refractivity contribution in [3.05, 3.63) is 75.0 Å². The predicted molar refractivity (Wildman–Crippen MR) is 104 cm³/mol. The summed E-state index contributed by atoms with van der Waals surface area (Å²) in [5.41, 5.74) is -0.0465. The molecular weight excluding hydrogens is 424 g/mol. The fourth-order valence-electron chi connectivity index (χ4n) is 2.66. The van der Waals surface area contributed by atoms with Crippen LogP contribution in [0.1, 0.15) is 26.8 Å². The number of nitrogens with zero attached hydrogens (tertiary/aromatic N) is 2. The maximum atomic E-state index is 14.3. The quantitative estimate of drug-likeness (QED) is 0.338. The number of ether oxygens (including phenoxy) is 1. The van der Waals surface area contributed by atoms with Gasteiger partial charge >= 0.3 is 5.97 Å². The third-order valence-electron chi connectivity index (χ3n) is 3.99. The Balaban J connectivity index is 1.94. The highest BCUT2D eigenvalue weighted by Gasteiger charge is 2.34. The van der Waals surface area contributed by atoms with Gasteiger partial charge in [-0.25, -0.2) is 13.8 Å². The van der Waals surface area contributed by atoms with Crippen molar-refractivity contribution in [3.63, 3.8) is 0 Å². The number of aromatic nitrogens is 2. The van der Waals surface area contributed by atoms with E-state index in [-0.39, 0.29) is 11.3 Å². The van der Waals surface area contributed by atoms with Crippen LogP contribution in [0.3, 0.4) is 0 Å². The van der Waals surface area contributed by atoms with Crippen molar-refractivity contribution in [2.75, 3.05) is 12.4 Å². The van der Waals surface area contributed by atoms with Gasteiger partial charge in [-0.2, -0.15) is 0 Å². The summed E-state index contributed by atoms with van der Waals surface area (Å²) < 4.78 is 32.6. The monoisotopic (exact) mass is 437 g/mol. The molecule has 0 aliphatic heterocycles. The van der Waals surface area contributed by atoms with Gasteiger partial charge in [0.15, 0.2) is 4.47 Å². The van der Waals surface area contributed by atoms with Gasteiger partial charge in [-0.15, -0.1) is 11.3 Å². The van der Waals surface area contributed by atoms with Gasteiger partial charge in [-0.05, 0) is 18.2 Å². The number of benzene rings is 1. The molecule has 2 heterocycles. The van der Waals surface area contributed by atoms with Gasteiger partial charge in [0.05, 0.1) is 19.3 Å². The van der Waals surface area contributed by atoms with E-state index >= 15 is 0 Å². The first kappa shape index (κ1) is 20.8. The first-order chi connectivity index (χ1) is 13.9. The first-order valence-electron chi connectivity index (χ1n) is 8.26. The molecule has 0 amide bonds. The molecule has 2 aromatic heterocycles. The van der Waals surface area contributed by atoms with E-state index in [0.717, 1.165) is 24.1 Å². The summed E-state index contributed by atoms with van der Waals surface area (Å²) in [6, 6.07) is 5.80. The van der Waals surface area contributed by atoms with Crippen LogP contribution in [-0.2, 0) is 16.1 Å². The van der Waals surface area contributed by atoms with Crippen LogP contribution in [0.25, 0.3) is 0 Å². The molecule has 0 aliphatic rings. The molecule has 0 saturated carbocycles. The van der Waals surface area contributed by atoms with E-state index in [1.54, 1.807) is 18.3 Å². The first-order valence-corrected chi connectivity index (χ1v) is 9.46. The molecule has 3 aromatic rings. The van der Waals surface area contributed by atoms with Crippen molar-refractivity contribution in [1.29, 1.82) is 0 Å². The molecular formula is C19H14ClF2N3O3S. The highest BCUT2D eigenvalue weighted by molar-refractivity contribution is 7.15. The molecule has 0 bridgehead atoms. The highest BCUT2D eigenvalue weighted by atomic mass is 35.5. The average molecular weight is 438 g/mol. The zero-order valence-electron chi connectivity index (χ0n) is 15.0. The number of Topliss-reactive ketones (excluding diaryl/α,β-unsaturated/α-hetero) is 1. The van der Waals surface area contributed by atoms with Crippen molar-refractivity contribution >= 4 is 40.4 Å². The van der Waals surface area contributed by atoms with Gasteiger partial charge in [0.2, 0.25) is 5.78 Å². The van der Waals surface area contributed by atoms with Crippen LogP contribution in [0.4, 0.5) is 14.5 Å². The molecule has 29 heavy (non-hydrogen) atoms. The number of methoxy groups -OCH3 is 1. The number of anilines is 1. The molecule has 0 radical (unpaired) electrons. The number of rotatable bonds is 7. The molecule has 6 nitrogen and oxygen atoms in total. The Morgan fingerprint density at radius 1 is 1.28 bits per heavy atom. The SMILES string of the molecule is COC(=O)C(C(=O)c1ncccc1NCc1cnc(Cl)s1)c1ccc(F)cc1F. The van der Waals surface area contributed by atoms with Crippen molar-refractivity contribution in [3.8, 4) is 0 Å². The number of hydrogen-bond donors (Lipinski definition) is 1. The van der Waals surface area contributed by atoms with Crippen LogP contribution >= 0.6 is 22.9 Å². The van der Waals surface area contributed by atoms with E-state index in [4.69, 9.17) is 11.6 Å². The number of halogens is 3. The van der Waals surface area contributed by atoms with Crippen molar-refractivity contribution in [2.45, 2.75) is 12.5 Å². The predicted octanol–water partition coefficient (Wildman–Crippen LogP) is 4.22. The van der Waals surface area contributed by atoms with E-state index in [9.17, 15) is 18.4 Å². The Kier molecular flexibility index (Phi) is 6.50. The molecule has 1 atom stereocenters. The second-order valence-electron chi connectivity index (χ2n) is 5.82. The zero-order chi connectivity index (χ0) is 21.0. The van der Waals surface area contributed by atoms with Gasteiger partial charge in [0.25, 0.3) is 0 Å². The van der Waals surface area contributed by atoms with Gasteiger partial charge in [0, 0.05) is 28.9 Å². The second kappa shape index (κ2) is 9.06. The fourth-order valence-corrected chi connectivity index (χ4v) is 3.58. The highest BCUT2D eigenvalue weighted by Crippen LogP contribution is 2.28. The lowest BCUT2D eigenvalue weighted by molar-refractivity contribution is -0.141. The van der Waals surface area contributed by atoms with E-state index in [2.05, 4.69) is 20.0 Å². The molecule has 150 valence electrons. The zero-order valence-corrected chi connectivity index (χ0v) is 16.6. The minimum Gasteiger partial charge on any atom is -0.468 e. The summed E-state index contributed by atoms with van der Waals surface area (Å²) in [6.45, 7) is 0.310. The largest absolute Gasteiger partial charge is 0.468 e. The van der Waals surface area contributed by atoms with Crippen molar-refractivity contribution < 1.29 is 23.1 Å². The van der Waals surface area contributed by atoms with Gasteiger partial charge in [-0.1, -0.05) is 17.7 Å². The van der Waals surface area contributed by atoms with Gasteiger partial charge in [-0.3, -0.25) is 14.6 Å². The van der Waals surface area contributed by atoms with Crippen LogP contribution in [0.15, 0.2) is 42.7 Å².